The number of carbonyl (C=O) groups is 2. The molecule has 1 atom stereocenters. The lowest BCUT2D eigenvalue weighted by atomic mass is 10.0. The molecule has 1 aromatic heterocycles. The Morgan fingerprint density at radius 3 is 2.50 bits per heavy atom. The molecule has 1 aliphatic heterocycles. The first-order chi connectivity index (χ1) is 9.59. The van der Waals surface area contributed by atoms with E-state index in [1.807, 2.05) is 30.2 Å². The number of carbonyl (C=O) groups excluding carboxylic acids is 2. The smallest absolute Gasteiger partial charge is 0.262 e. The van der Waals surface area contributed by atoms with E-state index in [-0.39, 0.29) is 17.7 Å². The number of hydrogen-bond acceptors (Lipinski definition) is 3. The van der Waals surface area contributed by atoms with E-state index in [2.05, 4.69) is 5.32 Å². The van der Waals surface area contributed by atoms with Gasteiger partial charge in [0, 0.05) is 13.1 Å². The Morgan fingerprint density at radius 1 is 1.25 bits per heavy atom. The standard InChI is InChI=1S/C15H22N2O2S/c1-11(2)13(15(19)17-8-4-3-5-9-17)16-14(18)12-7-6-10-20-12/h6-7,10-11,13H,3-5,8-9H2,1-2H3,(H,16,18)/t13-/m1/s1. The lowest BCUT2D eigenvalue weighted by Crippen LogP contribution is -2.52. The van der Waals surface area contributed by atoms with E-state index < -0.39 is 6.04 Å². The topological polar surface area (TPSA) is 49.4 Å². The number of nitrogens with zero attached hydrogens (tertiary/aromatic N) is 1. The van der Waals surface area contributed by atoms with Crippen LogP contribution in [-0.4, -0.2) is 35.8 Å². The van der Waals surface area contributed by atoms with Gasteiger partial charge in [0.1, 0.15) is 6.04 Å². The third-order valence-electron chi connectivity index (χ3n) is 3.63. The molecular formula is C15H22N2O2S. The van der Waals surface area contributed by atoms with E-state index in [1.54, 1.807) is 6.07 Å². The van der Waals surface area contributed by atoms with Gasteiger partial charge in [-0.15, -0.1) is 11.3 Å². The zero-order chi connectivity index (χ0) is 14.5. The number of hydrogen-bond donors (Lipinski definition) is 1. The van der Waals surface area contributed by atoms with Crippen molar-refractivity contribution < 1.29 is 9.59 Å². The average Bonchev–Trinajstić information content (AvgIpc) is 2.98. The minimum atomic E-state index is -0.428. The molecule has 0 bridgehead atoms. The van der Waals surface area contributed by atoms with E-state index in [0.717, 1.165) is 25.9 Å². The highest BCUT2D eigenvalue weighted by atomic mass is 32.1. The van der Waals surface area contributed by atoms with Gasteiger partial charge in [-0.2, -0.15) is 0 Å². The number of piperidine rings is 1. The zero-order valence-corrected chi connectivity index (χ0v) is 12.9. The summed E-state index contributed by atoms with van der Waals surface area (Å²) in [5.74, 6) is 0.00186. The molecule has 0 unspecified atom stereocenters. The van der Waals surface area contributed by atoms with Gasteiger partial charge in [0.25, 0.3) is 5.91 Å². The lowest BCUT2D eigenvalue weighted by Gasteiger charge is -2.32. The number of thiophene rings is 1. The fourth-order valence-electron chi connectivity index (χ4n) is 2.44. The molecule has 4 nitrogen and oxygen atoms in total. The monoisotopic (exact) mass is 294 g/mol. The summed E-state index contributed by atoms with van der Waals surface area (Å²) in [6.07, 6.45) is 3.32. The third kappa shape index (κ3) is 3.60. The summed E-state index contributed by atoms with van der Waals surface area (Å²) in [7, 11) is 0. The van der Waals surface area contributed by atoms with Crippen LogP contribution in [0.4, 0.5) is 0 Å². The van der Waals surface area contributed by atoms with Crippen LogP contribution in [-0.2, 0) is 4.79 Å². The maximum Gasteiger partial charge on any atom is 0.262 e. The van der Waals surface area contributed by atoms with Crippen LogP contribution >= 0.6 is 11.3 Å². The zero-order valence-electron chi connectivity index (χ0n) is 12.1. The van der Waals surface area contributed by atoms with Crippen LogP contribution in [0.25, 0.3) is 0 Å². The van der Waals surface area contributed by atoms with Crippen molar-refractivity contribution in [1.29, 1.82) is 0 Å². The summed E-state index contributed by atoms with van der Waals surface area (Å²) < 4.78 is 0. The van der Waals surface area contributed by atoms with Gasteiger partial charge in [0.2, 0.25) is 5.91 Å². The molecule has 110 valence electrons. The molecule has 0 aromatic carbocycles. The highest BCUT2D eigenvalue weighted by Crippen LogP contribution is 2.15. The van der Waals surface area contributed by atoms with Crippen molar-refractivity contribution in [3.05, 3.63) is 22.4 Å². The number of rotatable bonds is 4. The normalized spacial score (nSPS) is 17.1. The second-order valence-corrected chi connectivity index (χ2v) is 6.51. The van der Waals surface area contributed by atoms with Gasteiger partial charge in [-0.25, -0.2) is 0 Å². The molecule has 2 heterocycles. The third-order valence-corrected chi connectivity index (χ3v) is 4.50. The maximum atomic E-state index is 12.6. The fourth-order valence-corrected chi connectivity index (χ4v) is 3.07. The molecular weight excluding hydrogens is 272 g/mol. The predicted molar refractivity (Wildman–Crippen MR) is 80.8 cm³/mol. The van der Waals surface area contributed by atoms with Crippen molar-refractivity contribution in [2.45, 2.75) is 39.2 Å². The van der Waals surface area contributed by atoms with Crippen LogP contribution in [0.2, 0.25) is 0 Å². The second kappa shape index (κ2) is 6.88. The Morgan fingerprint density at radius 2 is 1.95 bits per heavy atom. The quantitative estimate of drug-likeness (QED) is 0.927. The van der Waals surface area contributed by atoms with Gasteiger partial charge in [-0.3, -0.25) is 9.59 Å². The number of amides is 2. The van der Waals surface area contributed by atoms with Crippen molar-refractivity contribution >= 4 is 23.2 Å². The lowest BCUT2D eigenvalue weighted by molar-refractivity contribution is -0.135. The Bertz CT molecular complexity index is 450. The van der Waals surface area contributed by atoms with Crippen LogP contribution in [0.1, 0.15) is 42.8 Å². The molecule has 1 N–H and O–H groups in total. The molecule has 20 heavy (non-hydrogen) atoms. The Kier molecular flexibility index (Phi) is 5.17. The van der Waals surface area contributed by atoms with Gasteiger partial charge in [0.05, 0.1) is 4.88 Å². The Hall–Kier alpha value is -1.36. The molecule has 5 heteroatoms. The van der Waals surface area contributed by atoms with Gasteiger partial charge >= 0.3 is 0 Å². The predicted octanol–water partition coefficient (Wildman–Crippen LogP) is 2.52. The molecule has 1 saturated heterocycles. The van der Waals surface area contributed by atoms with Crippen LogP contribution in [0.3, 0.4) is 0 Å². The van der Waals surface area contributed by atoms with E-state index in [9.17, 15) is 9.59 Å². The summed E-state index contributed by atoms with van der Waals surface area (Å²) in [6, 6.07) is 3.20. The van der Waals surface area contributed by atoms with E-state index >= 15 is 0 Å². The largest absolute Gasteiger partial charge is 0.341 e. The molecule has 2 amide bonds. The van der Waals surface area contributed by atoms with Crippen molar-refractivity contribution in [3.8, 4) is 0 Å². The molecule has 0 saturated carbocycles. The molecule has 1 aromatic rings. The molecule has 1 aliphatic rings. The first kappa shape index (κ1) is 15.0. The summed E-state index contributed by atoms with van der Waals surface area (Å²) in [5, 5.41) is 4.76. The first-order valence-electron chi connectivity index (χ1n) is 7.22. The van der Waals surface area contributed by atoms with Crippen molar-refractivity contribution in [2.24, 2.45) is 5.92 Å². The van der Waals surface area contributed by atoms with Gasteiger partial charge in [-0.05, 0) is 36.6 Å². The van der Waals surface area contributed by atoms with Crippen molar-refractivity contribution in [2.75, 3.05) is 13.1 Å². The number of nitrogens with one attached hydrogen (secondary N) is 1. The van der Waals surface area contributed by atoms with E-state index in [1.165, 1.54) is 17.8 Å². The number of likely N-dealkylation sites (tertiary alicyclic amines) is 1. The second-order valence-electron chi connectivity index (χ2n) is 5.56. The van der Waals surface area contributed by atoms with Crippen LogP contribution < -0.4 is 5.32 Å². The first-order valence-corrected chi connectivity index (χ1v) is 8.10. The maximum absolute atomic E-state index is 12.6. The van der Waals surface area contributed by atoms with Gasteiger partial charge in [-0.1, -0.05) is 19.9 Å². The Balaban J connectivity index is 2.02. The average molecular weight is 294 g/mol. The highest BCUT2D eigenvalue weighted by molar-refractivity contribution is 7.12. The van der Waals surface area contributed by atoms with E-state index in [4.69, 9.17) is 0 Å². The summed E-state index contributed by atoms with van der Waals surface area (Å²) in [6.45, 7) is 5.58. The highest BCUT2D eigenvalue weighted by Gasteiger charge is 2.29. The van der Waals surface area contributed by atoms with Crippen LogP contribution in [0, 0.1) is 5.92 Å². The molecule has 1 fully saturated rings. The summed E-state index contributed by atoms with van der Waals surface area (Å²) in [5.41, 5.74) is 0. The summed E-state index contributed by atoms with van der Waals surface area (Å²) in [4.78, 5) is 27.2. The van der Waals surface area contributed by atoms with Crippen molar-refractivity contribution in [3.63, 3.8) is 0 Å². The van der Waals surface area contributed by atoms with Crippen molar-refractivity contribution in [1.82, 2.24) is 10.2 Å². The SMILES string of the molecule is CC(C)[C@@H](NC(=O)c1cccs1)C(=O)N1CCCCC1. The van der Waals surface area contributed by atoms with Gasteiger partial charge in [0.15, 0.2) is 0 Å². The van der Waals surface area contributed by atoms with Gasteiger partial charge < -0.3 is 10.2 Å². The Labute approximate surface area is 124 Å². The molecule has 2 rings (SSSR count). The minimum Gasteiger partial charge on any atom is -0.341 e. The molecule has 0 radical (unpaired) electrons. The fraction of sp³-hybridized carbons (Fsp3) is 0.600. The van der Waals surface area contributed by atoms with Crippen LogP contribution in [0.15, 0.2) is 17.5 Å². The minimum absolute atomic E-state index is 0.0598. The summed E-state index contributed by atoms with van der Waals surface area (Å²) >= 11 is 1.40. The van der Waals surface area contributed by atoms with Crippen LogP contribution in [0.5, 0.6) is 0 Å². The van der Waals surface area contributed by atoms with E-state index in [0.29, 0.717) is 4.88 Å². The molecule has 0 spiro atoms. The molecule has 0 aliphatic carbocycles.